The Kier molecular flexibility index (Phi) is 3.29. The van der Waals surface area contributed by atoms with Crippen LogP contribution in [0.3, 0.4) is 0 Å². The van der Waals surface area contributed by atoms with Gasteiger partial charge in [-0.1, -0.05) is 15.9 Å². The van der Waals surface area contributed by atoms with Crippen molar-refractivity contribution in [2.75, 3.05) is 0 Å². The van der Waals surface area contributed by atoms with Gasteiger partial charge in [0, 0.05) is 9.86 Å². The van der Waals surface area contributed by atoms with Gasteiger partial charge in [-0.25, -0.2) is 4.45 Å². The molecule has 0 saturated heterocycles. The highest BCUT2D eigenvalue weighted by molar-refractivity contribution is 14.2. The SMILES string of the molecule is Cc1nn(PI)c2cc(Br)cc(C#N)c12. The number of aromatic nitrogens is 2. The molecule has 1 atom stereocenters. The number of nitrogens with zero attached hydrogens (tertiary/aromatic N) is 3. The molecule has 0 aliphatic heterocycles. The molecule has 15 heavy (non-hydrogen) atoms. The smallest absolute Gasteiger partial charge is 0.0999 e. The molecular formula is C9H6BrIN3P. The van der Waals surface area contributed by atoms with E-state index in [1.807, 2.05) is 23.5 Å². The van der Waals surface area contributed by atoms with E-state index in [1.165, 1.54) is 0 Å². The molecule has 0 bridgehead atoms. The molecule has 0 aliphatic carbocycles. The van der Waals surface area contributed by atoms with E-state index in [2.05, 4.69) is 49.1 Å². The molecular weight excluding hydrogens is 388 g/mol. The summed E-state index contributed by atoms with van der Waals surface area (Å²) in [6, 6.07) is 6.04. The summed E-state index contributed by atoms with van der Waals surface area (Å²) in [6.07, 6.45) is 0.544. The van der Waals surface area contributed by atoms with Gasteiger partial charge >= 0.3 is 0 Å². The Hall–Kier alpha value is -0.180. The van der Waals surface area contributed by atoms with Crippen molar-refractivity contribution in [3.05, 3.63) is 27.9 Å². The van der Waals surface area contributed by atoms with Gasteiger partial charge in [-0.3, -0.25) is 0 Å². The standard InChI is InChI=1S/C9H6BrIN3P/c1-5-9-6(4-12)2-7(10)3-8(9)14(13-5)15-11/h2-3,15H,1H3. The zero-order valence-electron chi connectivity index (χ0n) is 7.75. The van der Waals surface area contributed by atoms with Crippen LogP contribution < -0.4 is 0 Å². The molecule has 0 fully saturated rings. The Morgan fingerprint density at radius 1 is 1.60 bits per heavy atom. The van der Waals surface area contributed by atoms with Crippen LogP contribution in [-0.4, -0.2) is 9.55 Å². The van der Waals surface area contributed by atoms with Gasteiger partial charge in [0.25, 0.3) is 0 Å². The van der Waals surface area contributed by atoms with Gasteiger partial charge in [-0.15, -0.1) is 0 Å². The Morgan fingerprint density at radius 2 is 2.33 bits per heavy atom. The first-order valence-electron chi connectivity index (χ1n) is 4.13. The summed E-state index contributed by atoms with van der Waals surface area (Å²) >= 11 is 5.69. The van der Waals surface area contributed by atoms with E-state index in [1.54, 1.807) is 0 Å². The lowest BCUT2D eigenvalue weighted by molar-refractivity contribution is 1.00. The normalized spacial score (nSPS) is 11.3. The first-order valence-corrected chi connectivity index (χ1v) is 8.98. The maximum absolute atomic E-state index is 9.06. The molecule has 0 saturated carbocycles. The maximum Gasteiger partial charge on any atom is 0.0999 e. The molecule has 1 unspecified atom stereocenters. The van der Waals surface area contributed by atoms with Crippen LogP contribution in [0, 0.1) is 18.3 Å². The van der Waals surface area contributed by atoms with Gasteiger partial charge in [-0.05, 0) is 41.1 Å². The number of aryl methyl sites for hydroxylation is 1. The zero-order chi connectivity index (χ0) is 11.0. The number of rotatable bonds is 1. The van der Waals surface area contributed by atoms with Gasteiger partial charge < -0.3 is 0 Å². The molecule has 2 rings (SSSR count). The van der Waals surface area contributed by atoms with Crippen LogP contribution in [0.2, 0.25) is 0 Å². The van der Waals surface area contributed by atoms with E-state index >= 15 is 0 Å². The first kappa shape index (κ1) is 11.3. The second-order valence-electron chi connectivity index (χ2n) is 3.04. The van der Waals surface area contributed by atoms with Crippen molar-refractivity contribution in [1.29, 1.82) is 5.26 Å². The monoisotopic (exact) mass is 393 g/mol. The summed E-state index contributed by atoms with van der Waals surface area (Å²) < 4.78 is 2.85. The van der Waals surface area contributed by atoms with Crippen molar-refractivity contribution in [3.8, 4) is 6.07 Å². The lowest BCUT2D eigenvalue weighted by Crippen LogP contribution is -1.83. The van der Waals surface area contributed by atoms with Crippen LogP contribution in [0.4, 0.5) is 0 Å². The lowest BCUT2D eigenvalue weighted by Gasteiger charge is -1.99. The summed E-state index contributed by atoms with van der Waals surface area (Å²) in [5, 5.41) is 14.4. The fraction of sp³-hybridized carbons (Fsp3) is 0.111. The maximum atomic E-state index is 9.06. The summed E-state index contributed by atoms with van der Waals surface area (Å²) in [5.74, 6) is 0. The third-order valence-electron chi connectivity index (χ3n) is 2.12. The second kappa shape index (κ2) is 4.36. The number of fused-ring (bicyclic) bond motifs is 1. The molecule has 0 aliphatic rings. The second-order valence-corrected chi connectivity index (χ2v) is 6.00. The summed E-state index contributed by atoms with van der Waals surface area (Å²) in [6.45, 7) is 1.93. The average molecular weight is 394 g/mol. The molecule has 2 aromatic rings. The number of halogens is 2. The third-order valence-corrected chi connectivity index (χ3v) is 4.45. The summed E-state index contributed by atoms with van der Waals surface area (Å²) in [4.78, 5) is 0. The quantitative estimate of drug-likeness (QED) is 0.546. The predicted octanol–water partition coefficient (Wildman–Crippen LogP) is 3.77. The molecule has 0 N–H and O–H groups in total. The molecule has 0 spiro atoms. The first-order chi connectivity index (χ1) is 7.17. The Labute approximate surface area is 110 Å². The number of hydrogen-bond donors (Lipinski definition) is 0. The minimum Gasteiger partial charge on any atom is -0.237 e. The van der Waals surface area contributed by atoms with E-state index in [0.29, 0.717) is 11.9 Å². The fourth-order valence-electron chi connectivity index (χ4n) is 1.55. The number of nitriles is 1. The minimum atomic E-state index is 0.544. The van der Waals surface area contributed by atoms with Gasteiger partial charge in [-0.2, -0.15) is 10.4 Å². The Balaban J connectivity index is 2.93. The molecule has 1 aromatic carbocycles. The predicted molar refractivity (Wildman–Crippen MR) is 74.6 cm³/mol. The molecule has 0 radical (unpaired) electrons. The molecule has 1 aromatic heterocycles. The van der Waals surface area contributed by atoms with Crippen LogP contribution in [0.15, 0.2) is 16.6 Å². The van der Waals surface area contributed by atoms with Crippen molar-refractivity contribution in [2.45, 2.75) is 6.92 Å². The molecule has 0 amide bonds. The number of benzene rings is 1. The van der Waals surface area contributed by atoms with Crippen LogP contribution in [-0.2, 0) is 0 Å². The topological polar surface area (TPSA) is 41.6 Å². The molecule has 3 nitrogen and oxygen atoms in total. The number of hydrogen-bond acceptors (Lipinski definition) is 2. The highest BCUT2D eigenvalue weighted by atomic mass is 127. The van der Waals surface area contributed by atoms with Crippen molar-refractivity contribution in [2.24, 2.45) is 0 Å². The average Bonchev–Trinajstić information content (AvgIpc) is 2.54. The van der Waals surface area contributed by atoms with Crippen molar-refractivity contribution in [3.63, 3.8) is 0 Å². The molecule has 76 valence electrons. The minimum absolute atomic E-state index is 0.544. The van der Waals surface area contributed by atoms with Crippen LogP contribution in [0.5, 0.6) is 0 Å². The van der Waals surface area contributed by atoms with E-state index < -0.39 is 0 Å². The summed E-state index contributed by atoms with van der Waals surface area (Å²) in [7, 11) is 0. The fourth-order valence-corrected chi connectivity index (χ4v) is 3.55. The highest BCUT2D eigenvalue weighted by Crippen LogP contribution is 2.33. The van der Waals surface area contributed by atoms with Gasteiger partial charge in [0.05, 0.1) is 29.2 Å². The van der Waals surface area contributed by atoms with Gasteiger partial charge in [0.15, 0.2) is 0 Å². The zero-order valence-corrected chi connectivity index (χ0v) is 12.5. The Morgan fingerprint density at radius 3 is 2.93 bits per heavy atom. The van der Waals surface area contributed by atoms with Crippen LogP contribution >= 0.6 is 44.3 Å². The highest BCUT2D eigenvalue weighted by Gasteiger charge is 2.11. The Bertz CT molecular complexity index is 573. The molecule has 6 heteroatoms. The lowest BCUT2D eigenvalue weighted by atomic mass is 10.1. The van der Waals surface area contributed by atoms with E-state index in [-0.39, 0.29) is 0 Å². The summed E-state index contributed by atoms with van der Waals surface area (Å²) in [5.41, 5.74) is 2.61. The van der Waals surface area contributed by atoms with Crippen molar-refractivity contribution < 1.29 is 0 Å². The van der Waals surface area contributed by atoms with E-state index in [9.17, 15) is 0 Å². The van der Waals surface area contributed by atoms with Crippen molar-refractivity contribution in [1.82, 2.24) is 9.55 Å². The van der Waals surface area contributed by atoms with Gasteiger partial charge in [0.2, 0.25) is 0 Å². The molecule has 1 heterocycles. The van der Waals surface area contributed by atoms with Crippen LogP contribution in [0.1, 0.15) is 11.3 Å². The van der Waals surface area contributed by atoms with Crippen molar-refractivity contribution >= 4 is 55.2 Å². The largest absolute Gasteiger partial charge is 0.237 e. The van der Waals surface area contributed by atoms with E-state index in [4.69, 9.17) is 5.26 Å². The van der Waals surface area contributed by atoms with Crippen LogP contribution in [0.25, 0.3) is 10.9 Å². The van der Waals surface area contributed by atoms with E-state index in [0.717, 1.165) is 21.1 Å². The van der Waals surface area contributed by atoms with Gasteiger partial charge in [0.1, 0.15) is 0 Å². The third kappa shape index (κ3) is 1.91.